The third-order valence-corrected chi connectivity index (χ3v) is 6.74. The minimum Gasteiger partial charge on any atom is -0.345 e. The molecule has 0 saturated carbocycles. The van der Waals surface area contributed by atoms with E-state index >= 15 is 0 Å². The number of benzene rings is 1. The Morgan fingerprint density at radius 3 is 2.72 bits per heavy atom. The number of aryl methyl sites for hydroxylation is 1. The first-order chi connectivity index (χ1) is 14.2. The average molecular weight is 429 g/mol. The zero-order valence-corrected chi connectivity index (χ0v) is 18.2. The van der Waals surface area contributed by atoms with Gasteiger partial charge < -0.3 is 14.4 Å². The summed E-state index contributed by atoms with van der Waals surface area (Å²) < 4.78 is 2.08. The van der Waals surface area contributed by atoms with Crippen molar-refractivity contribution in [2.45, 2.75) is 25.5 Å². The molecule has 1 fully saturated rings. The van der Waals surface area contributed by atoms with Gasteiger partial charge in [-0.3, -0.25) is 4.79 Å². The van der Waals surface area contributed by atoms with Crippen molar-refractivity contribution in [2.75, 3.05) is 36.8 Å². The summed E-state index contributed by atoms with van der Waals surface area (Å²) in [6, 6.07) is 8.25. The summed E-state index contributed by atoms with van der Waals surface area (Å²) >= 11 is 3.11. The number of aromatic nitrogens is 4. The molecule has 0 radical (unpaired) electrons. The Morgan fingerprint density at radius 2 is 2.03 bits per heavy atom. The first-order valence-electron chi connectivity index (χ1n) is 9.71. The molecule has 1 aliphatic heterocycles. The van der Waals surface area contributed by atoms with Crippen molar-refractivity contribution in [3.05, 3.63) is 41.4 Å². The van der Waals surface area contributed by atoms with Crippen molar-refractivity contribution in [3.63, 3.8) is 0 Å². The van der Waals surface area contributed by atoms with Gasteiger partial charge in [-0.15, -0.1) is 21.5 Å². The van der Waals surface area contributed by atoms with Crippen molar-refractivity contribution in [2.24, 2.45) is 0 Å². The molecule has 7 nitrogen and oxygen atoms in total. The minimum absolute atomic E-state index is 0.150. The van der Waals surface area contributed by atoms with Gasteiger partial charge in [0, 0.05) is 49.9 Å². The highest BCUT2D eigenvalue weighted by Crippen LogP contribution is 2.25. The number of anilines is 1. The number of nitrogens with zero attached hydrogens (tertiary/aromatic N) is 6. The summed E-state index contributed by atoms with van der Waals surface area (Å²) in [6.45, 7) is 8.02. The van der Waals surface area contributed by atoms with Crippen LogP contribution < -0.4 is 4.90 Å². The lowest BCUT2D eigenvalue weighted by Crippen LogP contribution is -2.49. The van der Waals surface area contributed by atoms with E-state index < -0.39 is 0 Å². The van der Waals surface area contributed by atoms with E-state index in [-0.39, 0.29) is 5.91 Å². The Kier molecular flexibility index (Phi) is 6.15. The molecule has 1 aromatic carbocycles. The summed E-state index contributed by atoms with van der Waals surface area (Å²) in [5.74, 6) is 1.38. The van der Waals surface area contributed by atoms with Gasteiger partial charge >= 0.3 is 0 Å². The number of hydrogen-bond acceptors (Lipinski definition) is 7. The van der Waals surface area contributed by atoms with Gasteiger partial charge in [0.25, 0.3) is 0 Å². The quantitative estimate of drug-likeness (QED) is 0.562. The molecule has 1 amide bonds. The third-order valence-electron chi connectivity index (χ3n) is 4.96. The van der Waals surface area contributed by atoms with Crippen LogP contribution in [0.3, 0.4) is 0 Å². The fourth-order valence-electron chi connectivity index (χ4n) is 3.42. The van der Waals surface area contributed by atoms with Gasteiger partial charge in [0.05, 0.1) is 5.75 Å². The zero-order chi connectivity index (χ0) is 20.2. The number of amides is 1. The largest absolute Gasteiger partial charge is 0.345 e. The topological polar surface area (TPSA) is 67.2 Å². The van der Waals surface area contributed by atoms with Gasteiger partial charge in [0.2, 0.25) is 5.91 Å². The van der Waals surface area contributed by atoms with Crippen LogP contribution in [0.1, 0.15) is 12.5 Å². The van der Waals surface area contributed by atoms with E-state index in [1.54, 1.807) is 11.3 Å². The molecule has 152 valence electrons. The first-order valence-corrected chi connectivity index (χ1v) is 11.6. The van der Waals surface area contributed by atoms with Crippen molar-refractivity contribution in [1.82, 2.24) is 24.6 Å². The van der Waals surface area contributed by atoms with Crippen LogP contribution in [0.2, 0.25) is 0 Å². The maximum Gasteiger partial charge on any atom is 0.233 e. The Bertz CT molecular complexity index is 963. The number of carbonyl (C=O) groups excluding carboxylic acids is 1. The molecule has 1 aliphatic rings. The Balaban J connectivity index is 1.36. The average Bonchev–Trinajstić information content (AvgIpc) is 3.42. The summed E-state index contributed by atoms with van der Waals surface area (Å²) in [5, 5.41) is 12.5. The first kappa shape index (κ1) is 19.9. The highest BCUT2D eigenvalue weighted by atomic mass is 32.2. The van der Waals surface area contributed by atoms with Crippen LogP contribution in [0.25, 0.3) is 11.4 Å². The van der Waals surface area contributed by atoms with Crippen molar-refractivity contribution in [1.29, 1.82) is 0 Å². The molecule has 3 aromatic rings. The van der Waals surface area contributed by atoms with E-state index in [0.29, 0.717) is 5.75 Å². The third kappa shape index (κ3) is 4.45. The molecule has 0 spiro atoms. The summed E-state index contributed by atoms with van der Waals surface area (Å²) in [4.78, 5) is 21.2. The predicted octanol–water partition coefficient (Wildman–Crippen LogP) is 3.17. The van der Waals surface area contributed by atoms with Crippen LogP contribution in [0.4, 0.5) is 5.13 Å². The Hall–Kier alpha value is -2.39. The lowest BCUT2D eigenvalue weighted by molar-refractivity contribution is -0.128. The Morgan fingerprint density at radius 1 is 1.21 bits per heavy atom. The van der Waals surface area contributed by atoms with Crippen LogP contribution in [-0.2, 0) is 11.3 Å². The number of thioether (sulfide) groups is 1. The molecule has 29 heavy (non-hydrogen) atoms. The lowest BCUT2D eigenvalue weighted by Gasteiger charge is -2.34. The summed E-state index contributed by atoms with van der Waals surface area (Å²) in [7, 11) is 0. The number of hydrogen-bond donors (Lipinski definition) is 0. The fraction of sp³-hybridized carbons (Fsp3) is 0.400. The van der Waals surface area contributed by atoms with Gasteiger partial charge in [-0.1, -0.05) is 35.5 Å². The molecular formula is C20H24N6OS2. The monoisotopic (exact) mass is 428 g/mol. The normalized spacial score (nSPS) is 14.4. The number of piperazine rings is 1. The fourth-order valence-corrected chi connectivity index (χ4v) is 5.02. The van der Waals surface area contributed by atoms with E-state index in [9.17, 15) is 4.79 Å². The van der Waals surface area contributed by atoms with Gasteiger partial charge in [-0.2, -0.15) is 0 Å². The molecule has 4 rings (SSSR count). The molecule has 3 heterocycles. The van der Waals surface area contributed by atoms with Crippen LogP contribution >= 0.6 is 23.1 Å². The zero-order valence-electron chi connectivity index (χ0n) is 16.6. The molecular weight excluding hydrogens is 404 g/mol. The number of thiazole rings is 1. The van der Waals surface area contributed by atoms with E-state index in [1.165, 1.54) is 17.3 Å². The van der Waals surface area contributed by atoms with Gasteiger partial charge in [0.1, 0.15) is 0 Å². The molecule has 9 heteroatoms. The summed E-state index contributed by atoms with van der Waals surface area (Å²) in [6.07, 6.45) is 1.82. The molecule has 0 aliphatic carbocycles. The van der Waals surface area contributed by atoms with Crippen LogP contribution in [-0.4, -0.2) is 62.5 Å². The van der Waals surface area contributed by atoms with Crippen LogP contribution in [0.15, 0.2) is 41.0 Å². The second kappa shape index (κ2) is 8.96. The molecule has 2 aromatic heterocycles. The van der Waals surface area contributed by atoms with E-state index in [4.69, 9.17) is 0 Å². The van der Waals surface area contributed by atoms with Crippen LogP contribution in [0.5, 0.6) is 0 Å². The maximum absolute atomic E-state index is 12.7. The molecule has 0 N–H and O–H groups in total. The van der Waals surface area contributed by atoms with Crippen molar-refractivity contribution in [3.8, 4) is 11.4 Å². The smallest absolute Gasteiger partial charge is 0.233 e. The van der Waals surface area contributed by atoms with Crippen molar-refractivity contribution >= 4 is 34.1 Å². The SMILES string of the molecule is CCn1c(SCC(=O)N2CCN(c3nccs3)CC2)nnc1-c1cccc(C)c1. The van der Waals surface area contributed by atoms with E-state index in [2.05, 4.69) is 50.6 Å². The molecule has 0 bridgehead atoms. The van der Waals surface area contributed by atoms with Crippen molar-refractivity contribution < 1.29 is 4.79 Å². The predicted molar refractivity (Wildman–Crippen MR) is 118 cm³/mol. The second-order valence-electron chi connectivity index (χ2n) is 6.89. The van der Waals surface area contributed by atoms with Crippen LogP contribution in [0, 0.1) is 6.92 Å². The lowest BCUT2D eigenvalue weighted by atomic mass is 10.1. The van der Waals surface area contributed by atoms with Gasteiger partial charge in [-0.05, 0) is 19.9 Å². The van der Waals surface area contributed by atoms with E-state index in [1.807, 2.05) is 28.6 Å². The molecule has 0 atom stereocenters. The number of rotatable bonds is 6. The number of carbonyl (C=O) groups is 1. The molecule has 0 unspecified atom stereocenters. The van der Waals surface area contributed by atoms with E-state index in [0.717, 1.165) is 54.4 Å². The second-order valence-corrected chi connectivity index (χ2v) is 8.71. The molecule has 1 saturated heterocycles. The van der Waals surface area contributed by atoms with Gasteiger partial charge in [-0.25, -0.2) is 4.98 Å². The highest BCUT2D eigenvalue weighted by molar-refractivity contribution is 7.99. The summed E-state index contributed by atoms with van der Waals surface area (Å²) in [5.41, 5.74) is 2.24. The van der Waals surface area contributed by atoms with Gasteiger partial charge in [0.15, 0.2) is 16.1 Å². The Labute approximate surface area is 178 Å². The highest BCUT2D eigenvalue weighted by Gasteiger charge is 2.23. The minimum atomic E-state index is 0.150. The maximum atomic E-state index is 12.7. The standard InChI is InChI=1S/C20H24N6OS2/c1-3-26-18(16-6-4-5-15(2)13-16)22-23-20(26)29-14-17(27)24-8-10-25(11-9-24)19-21-7-12-28-19/h4-7,12-13H,3,8-11,14H2,1-2H3.